The smallest absolute Gasteiger partial charge is 0.264 e. The molecule has 180 valence electrons. The summed E-state index contributed by atoms with van der Waals surface area (Å²) in [5, 5.41) is 3.12. The quantitative estimate of drug-likeness (QED) is 0.434. The molecule has 0 aliphatic rings. The lowest BCUT2D eigenvalue weighted by atomic mass is 10.3. The van der Waals surface area contributed by atoms with E-state index in [4.69, 9.17) is 25.8 Å². The third-order valence-corrected chi connectivity index (χ3v) is 6.78. The van der Waals surface area contributed by atoms with Crippen molar-refractivity contribution in [3.8, 4) is 17.2 Å². The minimum atomic E-state index is -4.16. The molecule has 0 atom stereocenters. The van der Waals surface area contributed by atoms with Crippen molar-refractivity contribution in [2.24, 2.45) is 0 Å². The van der Waals surface area contributed by atoms with Crippen LogP contribution in [0.2, 0.25) is 5.02 Å². The van der Waals surface area contributed by atoms with E-state index in [0.29, 0.717) is 34.5 Å². The maximum Gasteiger partial charge on any atom is 0.264 e. The van der Waals surface area contributed by atoms with Gasteiger partial charge in [0.15, 0.2) is 11.5 Å². The third kappa shape index (κ3) is 5.92. The number of hydrogen-bond acceptors (Lipinski definition) is 6. The highest BCUT2D eigenvalue weighted by molar-refractivity contribution is 7.92. The summed E-state index contributed by atoms with van der Waals surface area (Å²) in [7, 11) is -1.29. The fourth-order valence-electron chi connectivity index (χ4n) is 3.19. The summed E-state index contributed by atoms with van der Waals surface area (Å²) < 4.78 is 44.2. The Morgan fingerprint density at radius 2 is 1.68 bits per heavy atom. The maximum absolute atomic E-state index is 13.7. The van der Waals surface area contributed by atoms with Gasteiger partial charge < -0.3 is 19.5 Å². The molecule has 1 N–H and O–H groups in total. The molecule has 0 aliphatic carbocycles. The van der Waals surface area contributed by atoms with Gasteiger partial charge in [-0.15, -0.1) is 0 Å². The Hall–Kier alpha value is -3.43. The molecule has 0 radical (unpaired) electrons. The highest BCUT2D eigenvalue weighted by Gasteiger charge is 2.28. The molecule has 3 aromatic carbocycles. The minimum absolute atomic E-state index is 0.0606. The summed E-state index contributed by atoms with van der Waals surface area (Å²) >= 11 is 5.98. The molecule has 10 heteroatoms. The van der Waals surface area contributed by atoms with Gasteiger partial charge in [0.05, 0.1) is 31.4 Å². The highest BCUT2D eigenvalue weighted by atomic mass is 35.5. The number of nitrogens with one attached hydrogen (secondary N) is 1. The normalized spacial score (nSPS) is 10.9. The standard InChI is InChI=1S/C24H25ClN2O6S/c1-4-33-20-10-8-19(9-11-20)27(16-24(28)26-18-7-5-6-17(25)14-18)34(29,30)21-12-13-22(31-2)23(15-21)32-3/h5-15H,4,16H2,1-3H3,(H,26,28). The van der Waals surface area contributed by atoms with Crippen LogP contribution in [0.1, 0.15) is 6.92 Å². The fraction of sp³-hybridized carbons (Fsp3) is 0.208. The van der Waals surface area contributed by atoms with Gasteiger partial charge in [0, 0.05) is 16.8 Å². The van der Waals surface area contributed by atoms with Crippen LogP contribution in [0.4, 0.5) is 11.4 Å². The molecule has 0 fully saturated rings. The molecule has 0 bridgehead atoms. The van der Waals surface area contributed by atoms with E-state index < -0.39 is 22.5 Å². The number of benzene rings is 3. The van der Waals surface area contributed by atoms with Crippen LogP contribution in [0.5, 0.6) is 17.2 Å². The van der Waals surface area contributed by atoms with Crippen LogP contribution in [0.3, 0.4) is 0 Å². The first-order valence-corrected chi connectivity index (χ1v) is 12.1. The molecule has 8 nitrogen and oxygen atoms in total. The van der Waals surface area contributed by atoms with Crippen LogP contribution in [-0.4, -0.2) is 41.7 Å². The molecule has 3 aromatic rings. The van der Waals surface area contributed by atoms with Crippen molar-refractivity contribution >= 4 is 38.9 Å². The monoisotopic (exact) mass is 504 g/mol. The molecule has 34 heavy (non-hydrogen) atoms. The van der Waals surface area contributed by atoms with Crippen molar-refractivity contribution in [3.63, 3.8) is 0 Å². The summed E-state index contributed by atoms with van der Waals surface area (Å²) in [6.45, 7) is 1.84. The van der Waals surface area contributed by atoms with Crippen LogP contribution in [0.15, 0.2) is 71.6 Å². The van der Waals surface area contributed by atoms with Crippen molar-refractivity contribution in [3.05, 3.63) is 71.8 Å². The average Bonchev–Trinajstić information content (AvgIpc) is 2.82. The Morgan fingerprint density at radius 3 is 2.29 bits per heavy atom. The van der Waals surface area contributed by atoms with E-state index in [1.807, 2.05) is 6.92 Å². The SMILES string of the molecule is CCOc1ccc(N(CC(=O)Nc2cccc(Cl)c2)S(=O)(=O)c2ccc(OC)c(OC)c2)cc1. The predicted octanol–water partition coefficient (Wildman–Crippen LogP) is 4.59. The van der Waals surface area contributed by atoms with Gasteiger partial charge in [-0.1, -0.05) is 17.7 Å². The van der Waals surface area contributed by atoms with Gasteiger partial charge in [-0.3, -0.25) is 9.10 Å². The predicted molar refractivity (Wildman–Crippen MR) is 132 cm³/mol. The van der Waals surface area contributed by atoms with Gasteiger partial charge in [-0.2, -0.15) is 0 Å². The summed E-state index contributed by atoms with van der Waals surface area (Å²) in [4.78, 5) is 12.8. The largest absolute Gasteiger partial charge is 0.494 e. The molecule has 0 unspecified atom stereocenters. The van der Waals surface area contributed by atoms with Gasteiger partial charge in [0.2, 0.25) is 5.91 Å². The second-order valence-electron chi connectivity index (χ2n) is 7.01. The van der Waals surface area contributed by atoms with Crippen molar-refractivity contribution in [1.82, 2.24) is 0 Å². The molecular weight excluding hydrogens is 480 g/mol. The zero-order valence-corrected chi connectivity index (χ0v) is 20.5. The van der Waals surface area contributed by atoms with E-state index >= 15 is 0 Å². The summed E-state index contributed by atoms with van der Waals surface area (Å²) in [5.74, 6) is 0.671. The second-order valence-corrected chi connectivity index (χ2v) is 9.31. The van der Waals surface area contributed by atoms with E-state index in [1.165, 1.54) is 32.4 Å². The number of hydrogen-bond donors (Lipinski definition) is 1. The number of carbonyl (C=O) groups excluding carboxylic acids is 1. The van der Waals surface area contributed by atoms with Crippen LogP contribution in [0, 0.1) is 0 Å². The number of ether oxygens (including phenoxy) is 3. The Bertz CT molecular complexity index is 1250. The number of anilines is 2. The lowest BCUT2D eigenvalue weighted by molar-refractivity contribution is -0.114. The van der Waals surface area contributed by atoms with E-state index in [2.05, 4.69) is 5.32 Å². The molecule has 3 rings (SSSR count). The molecule has 1 amide bonds. The van der Waals surface area contributed by atoms with E-state index in [1.54, 1.807) is 48.5 Å². The number of amides is 1. The summed E-state index contributed by atoms with van der Waals surface area (Å²) in [6, 6.07) is 17.3. The Morgan fingerprint density at radius 1 is 0.971 bits per heavy atom. The van der Waals surface area contributed by atoms with Crippen LogP contribution >= 0.6 is 11.6 Å². The Labute approximate surface area is 204 Å². The molecule has 0 heterocycles. The minimum Gasteiger partial charge on any atom is -0.494 e. The summed E-state index contributed by atoms with van der Waals surface area (Å²) in [6.07, 6.45) is 0. The molecular formula is C24H25ClN2O6S. The van der Waals surface area contributed by atoms with Gasteiger partial charge in [-0.05, 0) is 61.5 Å². The first-order chi connectivity index (χ1) is 16.3. The van der Waals surface area contributed by atoms with Crippen molar-refractivity contribution in [2.45, 2.75) is 11.8 Å². The first kappa shape index (κ1) is 25.2. The van der Waals surface area contributed by atoms with E-state index in [9.17, 15) is 13.2 Å². The van der Waals surface area contributed by atoms with Crippen molar-refractivity contribution < 1.29 is 27.4 Å². The van der Waals surface area contributed by atoms with Gasteiger partial charge in [0.25, 0.3) is 10.0 Å². The molecule has 0 aliphatic heterocycles. The number of sulfonamides is 1. The Kier molecular flexibility index (Phi) is 8.25. The summed E-state index contributed by atoms with van der Waals surface area (Å²) in [5.41, 5.74) is 0.743. The van der Waals surface area contributed by atoms with Crippen LogP contribution < -0.4 is 23.8 Å². The van der Waals surface area contributed by atoms with Gasteiger partial charge in [0.1, 0.15) is 12.3 Å². The van der Waals surface area contributed by atoms with Crippen molar-refractivity contribution in [2.75, 3.05) is 37.0 Å². The lowest BCUT2D eigenvalue weighted by Gasteiger charge is -2.24. The molecule has 0 spiro atoms. The highest BCUT2D eigenvalue weighted by Crippen LogP contribution is 2.32. The topological polar surface area (TPSA) is 94.2 Å². The first-order valence-electron chi connectivity index (χ1n) is 10.3. The average molecular weight is 505 g/mol. The lowest BCUT2D eigenvalue weighted by Crippen LogP contribution is -2.38. The Balaban J connectivity index is 1.99. The third-order valence-electron chi connectivity index (χ3n) is 4.77. The zero-order valence-electron chi connectivity index (χ0n) is 18.9. The van der Waals surface area contributed by atoms with Crippen LogP contribution in [-0.2, 0) is 14.8 Å². The number of carbonyl (C=O) groups is 1. The number of nitrogens with zero attached hydrogens (tertiary/aromatic N) is 1. The zero-order chi connectivity index (χ0) is 24.7. The number of rotatable bonds is 10. The van der Waals surface area contributed by atoms with Gasteiger partial charge >= 0.3 is 0 Å². The molecule has 0 saturated heterocycles. The van der Waals surface area contributed by atoms with E-state index in [0.717, 1.165) is 4.31 Å². The maximum atomic E-state index is 13.7. The molecule has 0 saturated carbocycles. The second kappa shape index (κ2) is 11.1. The van der Waals surface area contributed by atoms with E-state index in [-0.39, 0.29) is 10.6 Å². The number of halogens is 1. The number of methoxy groups -OCH3 is 2. The van der Waals surface area contributed by atoms with Gasteiger partial charge in [-0.25, -0.2) is 8.42 Å². The van der Waals surface area contributed by atoms with Crippen LogP contribution in [0.25, 0.3) is 0 Å². The fourth-order valence-corrected chi connectivity index (χ4v) is 4.82. The molecule has 0 aromatic heterocycles. The van der Waals surface area contributed by atoms with Crippen molar-refractivity contribution in [1.29, 1.82) is 0 Å².